The third-order valence-corrected chi connectivity index (χ3v) is 10.3. The van der Waals surface area contributed by atoms with Crippen molar-refractivity contribution in [1.82, 2.24) is 4.31 Å². The van der Waals surface area contributed by atoms with E-state index in [1.807, 2.05) is 0 Å². The van der Waals surface area contributed by atoms with Crippen molar-refractivity contribution in [2.45, 2.75) is 20.6 Å². The quantitative estimate of drug-likeness (QED) is 0.610. The summed E-state index contributed by atoms with van der Waals surface area (Å²) in [5, 5.41) is 19.0. The number of aliphatic hydroxyl groups is 2. The van der Waals surface area contributed by atoms with E-state index in [1.54, 1.807) is 0 Å². The normalized spacial score (nSPS) is 23.1. The Labute approximate surface area is 193 Å². The average Bonchev–Trinajstić information content (AvgIpc) is 3.03. The topological polar surface area (TPSA) is 112 Å². The number of halogens is 4. The summed E-state index contributed by atoms with van der Waals surface area (Å²) in [7, 11) is -8.60. The van der Waals surface area contributed by atoms with Crippen LogP contribution in [0.15, 0.2) is 46.2 Å². The number of rotatable bonds is 5. The monoisotopic (exact) mass is 533 g/mol. The van der Waals surface area contributed by atoms with Crippen LogP contribution in [-0.4, -0.2) is 61.9 Å². The van der Waals surface area contributed by atoms with Gasteiger partial charge in [0.05, 0.1) is 26.6 Å². The molecule has 1 saturated heterocycles. The minimum absolute atomic E-state index is 0.0271. The molecule has 2 aromatic carbocycles. The predicted octanol–water partition coefficient (Wildman–Crippen LogP) is 2.87. The Bertz CT molecular complexity index is 1200. The second-order valence-corrected chi connectivity index (χ2v) is 12.4. The van der Waals surface area contributed by atoms with Crippen LogP contribution in [0.5, 0.6) is 0 Å². The molecule has 3 rings (SSSR count). The molecule has 0 spiro atoms. The molecule has 0 saturated carbocycles. The Kier molecular flexibility index (Phi) is 6.71. The third kappa shape index (κ3) is 4.20. The number of benzene rings is 2. The Morgan fingerprint density at radius 2 is 1.63 bits per heavy atom. The highest BCUT2D eigenvalue weighted by Crippen LogP contribution is 2.37. The van der Waals surface area contributed by atoms with Crippen LogP contribution in [0.3, 0.4) is 0 Å². The van der Waals surface area contributed by atoms with Gasteiger partial charge in [0.1, 0.15) is 15.7 Å². The van der Waals surface area contributed by atoms with E-state index in [2.05, 4.69) is 0 Å². The maximum Gasteiger partial charge on any atom is 0.244 e. The number of aliphatic hydroxyl groups excluding tert-OH is 1. The van der Waals surface area contributed by atoms with E-state index >= 15 is 0 Å². The molecule has 0 amide bonds. The molecule has 30 heavy (non-hydrogen) atoms. The Hall–Kier alpha value is -0.620. The molecule has 2 atom stereocenters. The van der Waals surface area contributed by atoms with Crippen LogP contribution in [0.4, 0.5) is 0 Å². The van der Waals surface area contributed by atoms with Gasteiger partial charge in [-0.05, 0) is 36.4 Å². The summed E-state index contributed by atoms with van der Waals surface area (Å²) in [5.74, 6) is 0. The van der Waals surface area contributed by atoms with Crippen LogP contribution in [0, 0.1) is 0 Å². The first-order valence-corrected chi connectivity index (χ1v) is 12.8. The van der Waals surface area contributed by atoms with Gasteiger partial charge in [0.2, 0.25) is 10.0 Å². The molecule has 2 aromatic rings. The van der Waals surface area contributed by atoms with Gasteiger partial charge >= 0.3 is 0 Å². The van der Waals surface area contributed by atoms with Crippen molar-refractivity contribution in [2.24, 2.45) is 0 Å². The molecular weight excluding hydrogens is 520 g/mol. The highest BCUT2D eigenvalue weighted by molar-refractivity contribution is 7.92. The largest absolute Gasteiger partial charge is 0.393 e. The number of hydrogen-bond acceptors (Lipinski definition) is 6. The van der Waals surface area contributed by atoms with Gasteiger partial charge in [-0.15, -0.1) is 0 Å². The highest BCUT2D eigenvalue weighted by atomic mass is 35.5. The number of hydrogen-bond donors (Lipinski definition) is 2. The summed E-state index contributed by atoms with van der Waals surface area (Å²) in [6.07, 6.45) is 0. The van der Waals surface area contributed by atoms with Gasteiger partial charge in [0.25, 0.3) is 0 Å². The smallest absolute Gasteiger partial charge is 0.244 e. The SMILES string of the molecule is O=S(=O)(c1ccc(Cl)c(Cl)c1)[C@H]1CN(S(=O)(=O)c2ccc(Cl)cc2Cl)C[C@@]1(O)CO. The maximum atomic E-state index is 13.2. The first-order chi connectivity index (χ1) is 13.8. The lowest BCUT2D eigenvalue weighted by Gasteiger charge is -2.26. The van der Waals surface area contributed by atoms with E-state index in [1.165, 1.54) is 30.3 Å². The average molecular weight is 535 g/mol. The highest BCUT2D eigenvalue weighted by Gasteiger charge is 2.55. The lowest BCUT2D eigenvalue weighted by Crippen LogP contribution is -2.49. The Morgan fingerprint density at radius 3 is 2.20 bits per heavy atom. The standard InChI is InChI=1S/C17H15Cl4NO6S2/c18-10-1-4-15(14(21)5-10)30(27,28)22-7-16(17(24,8-22)9-23)29(25,26)11-2-3-12(19)13(20)6-11/h1-6,16,23-24H,7-9H2/t16-,17+/m0/s1. The lowest BCUT2D eigenvalue weighted by molar-refractivity contribution is 0.00160. The summed E-state index contributed by atoms with van der Waals surface area (Å²) in [5.41, 5.74) is -2.25. The molecule has 2 N–H and O–H groups in total. The van der Waals surface area contributed by atoms with E-state index in [9.17, 15) is 27.0 Å². The Balaban J connectivity index is 2.04. The van der Waals surface area contributed by atoms with E-state index in [4.69, 9.17) is 46.4 Å². The number of sulfone groups is 1. The fraction of sp³-hybridized carbons (Fsp3) is 0.294. The van der Waals surface area contributed by atoms with Crippen molar-refractivity contribution in [3.05, 3.63) is 56.5 Å². The molecule has 164 valence electrons. The van der Waals surface area contributed by atoms with Gasteiger partial charge < -0.3 is 10.2 Å². The second-order valence-electron chi connectivity index (χ2n) is 6.74. The van der Waals surface area contributed by atoms with Crippen LogP contribution in [-0.2, 0) is 19.9 Å². The summed E-state index contributed by atoms with van der Waals surface area (Å²) in [4.78, 5) is -0.570. The van der Waals surface area contributed by atoms with E-state index in [-0.39, 0.29) is 29.9 Å². The first-order valence-electron chi connectivity index (χ1n) is 8.30. The van der Waals surface area contributed by atoms with Crippen LogP contribution >= 0.6 is 46.4 Å². The molecule has 1 aliphatic rings. The molecule has 7 nitrogen and oxygen atoms in total. The predicted molar refractivity (Wildman–Crippen MR) is 115 cm³/mol. The molecule has 0 aliphatic carbocycles. The zero-order chi connectivity index (χ0) is 22.5. The van der Waals surface area contributed by atoms with Crippen molar-refractivity contribution in [2.75, 3.05) is 19.7 Å². The maximum absolute atomic E-state index is 13.2. The molecule has 0 unspecified atom stereocenters. The summed E-state index contributed by atoms with van der Waals surface area (Å²) < 4.78 is 53.2. The van der Waals surface area contributed by atoms with Gasteiger partial charge in [0.15, 0.2) is 9.84 Å². The van der Waals surface area contributed by atoms with Gasteiger partial charge in [-0.1, -0.05) is 46.4 Å². The summed E-state index contributed by atoms with van der Waals surface area (Å²) in [6.45, 7) is -2.25. The van der Waals surface area contributed by atoms with Crippen molar-refractivity contribution in [3.63, 3.8) is 0 Å². The van der Waals surface area contributed by atoms with E-state index in [0.29, 0.717) is 0 Å². The molecule has 1 heterocycles. The van der Waals surface area contributed by atoms with Crippen LogP contribution in [0.25, 0.3) is 0 Å². The zero-order valence-electron chi connectivity index (χ0n) is 15.0. The third-order valence-electron chi connectivity index (χ3n) is 4.80. The fourth-order valence-electron chi connectivity index (χ4n) is 3.19. The van der Waals surface area contributed by atoms with Crippen LogP contribution in [0.1, 0.15) is 0 Å². The van der Waals surface area contributed by atoms with Crippen molar-refractivity contribution in [3.8, 4) is 0 Å². The molecule has 1 fully saturated rings. The summed E-state index contributed by atoms with van der Waals surface area (Å²) in [6, 6.07) is 7.29. The summed E-state index contributed by atoms with van der Waals surface area (Å²) >= 11 is 23.5. The first kappa shape index (κ1) is 24.0. The minimum Gasteiger partial charge on any atom is -0.393 e. The van der Waals surface area contributed by atoms with Crippen molar-refractivity contribution in [1.29, 1.82) is 0 Å². The number of nitrogens with zero attached hydrogens (tertiary/aromatic N) is 1. The van der Waals surface area contributed by atoms with Crippen molar-refractivity contribution >= 4 is 66.3 Å². The van der Waals surface area contributed by atoms with Crippen LogP contribution in [0.2, 0.25) is 20.1 Å². The van der Waals surface area contributed by atoms with E-state index < -0.39 is 50.4 Å². The van der Waals surface area contributed by atoms with Crippen molar-refractivity contribution < 1.29 is 27.0 Å². The second kappa shape index (κ2) is 8.38. The van der Waals surface area contributed by atoms with E-state index in [0.717, 1.165) is 10.4 Å². The van der Waals surface area contributed by atoms with Gasteiger partial charge in [-0.2, -0.15) is 4.31 Å². The number of sulfonamides is 1. The molecule has 13 heteroatoms. The van der Waals surface area contributed by atoms with Gasteiger partial charge in [-0.25, -0.2) is 16.8 Å². The van der Waals surface area contributed by atoms with Gasteiger partial charge in [-0.3, -0.25) is 0 Å². The molecular formula is C17H15Cl4NO6S2. The lowest BCUT2D eigenvalue weighted by atomic mass is 10.1. The van der Waals surface area contributed by atoms with Gasteiger partial charge in [0, 0.05) is 18.1 Å². The minimum atomic E-state index is -4.30. The Morgan fingerprint density at radius 1 is 0.967 bits per heavy atom. The number of β-amino-alcohol motifs (C(OH)–C–C–N with tert-alkyl or cyclic N) is 1. The molecule has 0 radical (unpaired) electrons. The molecule has 0 bridgehead atoms. The molecule has 1 aliphatic heterocycles. The fourth-order valence-corrected chi connectivity index (χ4v) is 7.88. The molecule has 0 aromatic heterocycles. The zero-order valence-corrected chi connectivity index (χ0v) is 19.6. The van der Waals surface area contributed by atoms with Crippen LogP contribution < -0.4 is 0 Å².